The lowest BCUT2D eigenvalue weighted by molar-refractivity contribution is 0.240. The van der Waals surface area contributed by atoms with Gasteiger partial charge in [0, 0.05) is 12.6 Å². The number of hydrogen-bond acceptors (Lipinski definition) is 3. The molecule has 2 rings (SSSR count). The van der Waals surface area contributed by atoms with E-state index in [0.29, 0.717) is 11.4 Å². The first-order valence-corrected chi connectivity index (χ1v) is 8.32. The summed E-state index contributed by atoms with van der Waals surface area (Å²) in [7, 11) is -1.43. The number of rotatable bonds is 5. The van der Waals surface area contributed by atoms with Crippen molar-refractivity contribution in [2.45, 2.75) is 36.6 Å². The van der Waals surface area contributed by atoms with E-state index in [4.69, 9.17) is 0 Å². The zero-order valence-electron chi connectivity index (χ0n) is 11.4. The zero-order valence-corrected chi connectivity index (χ0v) is 12.2. The van der Waals surface area contributed by atoms with E-state index >= 15 is 0 Å². The van der Waals surface area contributed by atoms with E-state index < -0.39 is 10.0 Å². The molecular formula is C14H22N2O2S. The van der Waals surface area contributed by atoms with Gasteiger partial charge >= 0.3 is 0 Å². The van der Waals surface area contributed by atoms with Crippen LogP contribution in [0.4, 0.5) is 0 Å². The summed E-state index contributed by atoms with van der Waals surface area (Å²) in [4.78, 5) is 0.409. The summed E-state index contributed by atoms with van der Waals surface area (Å²) in [5.41, 5.74) is 0. The second-order valence-corrected chi connectivity index (χ2v) is 6.86. The quantitative estimate of drug-likeness (QED) is 0.896. The van der Waals surface area contributed by atoms with E-state index in [2.05, 4.69) is 5.32 Å². The summed E-state index contributed by atoms with van der Waals surface area (Å²) in [5.74, 6) is 0. The summed E-state index contributed by atoms with van der Waals surface area (Å²) in [6, 6.07) is 8.89. The Morgan fingerprint density at radius 1 is 1.26 bits per heavy atom. The smallest absolute Gasteiger partial charge is 0.243 e. The Bertz CT molecular complexity index is 487. The molecule has 1 saturated heterocycles. The van der Waals surface area contributed by atoms with E-state index in [1.807, 2.05) is 13.1 Å². The molecule has 1 N–H and O–H groups in total. The Morgan fingerprint density at radius 2 is 2.00 bits per heavy atom. The molecule has 1 atom stereocenters. The fourth-order valence-electron chi connectivity index (χ4n) is 2.62. The van der Waals surface area contributed by atoms with Gasteiger partial charge in [-0.2, -0.15) is 4.31 Å². The standard InChI is InChI=1S/C14H22N2O2S/c1-15-11-10-13-7-5-6-12-16(13)19(17,18)14-8-3-2-4-9-14/h2-4,8-9,13,15H,5-7,10-12H2,1H3. The lowest BCUT2D eigenvalue weighted by Crippen LogP contribution is -2.44. The van der Waals surface area contributed by atoms with Crippen LogP contribution in [0.5, 0.6) is 0 Å². The minimum atomic E-state index is -3.34. The highest BCUT2D eigenvalue weighted by Gasteiger charge is 2.32. The molecule has 0 aliphatic carbocycles. The van der Waals surface area contributed by atoms with Gasteiger partial charge in [0.25, 0.3) is 0 Å². The van der Waals surface area contributed by atoms with Crippen molar-refractivity contribution >= 4 is 10.0 Å². The second kappa shape index (κ2) is 6.50. The maximum Gasteiger partial charge on any atom is 0.243 e. The Labute approximate surface area is 115 Å². The fraction of sp³-hybridized carbons (Fsp3) is 0.571. The third kappa shape index (κ3) is 3.35. The summed E-state index contributed by atoms with van der Waals surface area (Å²) in [5, 5.41) is 3.11. The van der Waals surface area contributed by atoms with Gasteiger partial charge in [0.15, 0.2) is 0 Å². The summed E-state index contributed by atoms with van der Waals surface area (Å²) in [6.45, 7) is 1.50. The molecular weight excluding hydrogens is 260 g/mol. The topological polar surface area (TPSA) is 49.4 Å². The first kappa shape index (κ1) is 14.5. The van der Waals surface area contributed by atoms with Crippen molar-refractivity contribution in [1.82, 2.24) is 9.62 Å². The molecule has 1 heterocycles. The molecule has 1 aromatic carbocycles. The molecule has 0 saturated carbocycles. The Hall–Kier alpha value is -0.910. The monoisotopic (exact) mass is 282 g/mol. The van der Waals surface area contributed by atoms with Crippen LogP contribution in [0.2, 0.25) is 0 Å². The molecule has 19 heavy (non-hydrogen) atoms. The molecule has 0 spiro atoms. The highest BCUT2D eigenvalue weighted by atomic mass is 32.2. The second-order valence-electron chi connectivity index (χ2n) is 4.97. The Kier molecular flexibility index (Phi) is 4.96. The van der Waals surface area contributed by atoms with E-state index in [9.17, 15) is 8.42 Å². The van der Waals surface area contributed by atoms with Gasteiger partial charge in [0.1, 0.15) is 0 Å². The number of sulfonamides is 1. The van der Waals surface area contributed by atoms with Gasteiger partial charge in [0.2, 0.25) is 10.0 Å². The first-order chi connectivity index (χ1) is 9.16. The molecule has 106 valence electrons. The van der Waals surface area contributed by atoms with Crippen molar-refractivity contribution in [3.05, 3.63) is 30.3 Å². The van der Waals surface area contributed by atoms with Gasteiger partial charge in [-0.25, -0.2) is 8.42 Å². The molecule has 1 aromatic rings. The van der Waals surface area contributed by atoms with Crippen molar-refractivity contribution in [3.63, 3.8) is 0 Å². The average Bonchev–Trinajstić information content (AvgIpc) is 2.46. The van der Waals surface area contributed by atoms with Crippen LogP contribution >= 0.6 is 0 Å². The van der Waals surface area contributed by atoms with Gasteiger partial charge in [0.05, 0.1) is 4.90 Å². The number of piperidine rings is 1. The largest absolute Gasteiger partial charge is 0.320 e. The third-order valence-electron chi connectivity index (χ3n) is 3.65. The Balaban J connectivity index is 2.21. The molecule has 0 radical (unpaired) electrons. The SMILES string of the molecule is CNCCC1CCCCN1S(=O)(=O)c1ccccc1. The summed E-state index contributed by atoms with van der Waals surface area (Å²) >= 11 is 0. The van der Waals surface area contributed by atoms with Gasteiger partial charge in [-0.05, 0) is 45.0 Å². The van der Waals surface area contributed by atoms with Crippen LogP contribution in [0.25, 0.3) is 0 Å². The van der Waals surface area contributed by atoms with Crippen LogP contribution in [-0.2, 0) is 10.0 Å². The average molecular weight is 282 g/mol. The molecule has 4 nitrogen and oxygen atoms in total. The van der Waals surface area contributed by atoms with Crippen LogP contribution in [0.15, 0.2) is 35.2 Å². The van der Waals surface area contributed by atoms with Gasteiger partial charge in [-0.3, -0.25) is 0 Å². The molecule has 0 bridgehead atoms. The van der Waals surface area contributed by atoms with Crippen LogP contribution in [0.3, 0.4) is 0 Å². The van der Waals surface area contributed by atoms with E-state index in [1.54, 1.807) is 28.6 Å². The number of hydrogen-bond donors (Lipinski definition) is 1. The van der Waals surface area contributed by atoms with Crippen LogP contribution < -0.4 is 5.32 Å². The summed E-state index contributed by atoms with van der Waals surface area (Å²) in [6.07, 6.45) is 3.92. The van der Waals surface area contributed by atoms with Gasteiger partial charge in [-0.1, -0.05) is 24.6 Å². The number of benzene rings is 1. The summed E-state index contributed by atoms with van der Waals surface area (Å²) < 4.78 is 27.0. The predicted molar refractivity (Wildman–Crippen MR) is 76.5 cm³/mol. The number of nitrogens with zero attached hydrogens (tertiary/aromatic N) is 1. The van der Waals surface area contributed by atoms with Gasteiger partial charge in [-0.15, -0.1) is 0 Å². The first-order valence-electron chi connectivity index (χ1n) is 6.88. The van der Waals surface area contributed by atoms with Crippen molar-refractivity contribution in [2.24, 2.45) is 0 Å². The molecule has 1 fully saturated rings. The maximum absolute atomic E-state index is 12.7. The lowest BCUT2D eigenvalue weighted by atomic mass is 10.0. The van der Waals surface area contributed by atoms with Crippen LogP contribution in [0, 0.1) is 0 Å². The van der Waals surface area contributed by atoms with Crippen LogP contribution in [0.1, 0.15) is 25.7 Å². The minimum Gasteiger partial charge on any atom is -0.320 e. The molecule has 0 amide bonds. The molecule has 5 heteroatoms. The minimum absolute atomic E-state index is 0.131. The molecule has 0 aromatic heterocycles. The van der Waals surface area contributed by atoms with Gasteiger partial charge < -0.3 is 5.32 Å². The van der Waals surface area contributed by atoms with Crippen molar-refractivity contribution in [3.8, 4) is 0 Å². The van der Waals surface area contributed by atoms with Crippen molar-refractivity contribution in [1.29, 1.82) is 0 Å². The van der Waals surface area contributed by atoms with E-state index in [1.165, 1.54) is 0 Å². The van der Waals surface area contributed by atoms with Crippen molar-refractivity contribution < 1.29 is 8.42 Å². The van der Waals surface area contributed by atoms with Crippen LogP contribution in [-0.4, -0.2) is 38.9 Å². The van der Waals surface area contributed by atoms with Crippen molar-refractivity contribution in [2.75, 3.05) is 20.1 Å². The highest BCUT2D eigenvalue weighted by Crippen LogP contribution is 2.26. The number of nitrogens with one attached hydrogen (secondary N) is 1. The third-order valence-corrected chi connectivity index (χ3v) is 5.62. The van der Waals surface area contributed by atoms with E-state index in [-0.39, 0.29) is 6.04 Å². The maximum atomic E-state index is 12.7. The normalized spacial score (nSPS) is 21.4. The molecule has 1 unspecified atom stereocenters. The fourth-order valence-corrected chi connectivity index (χ4v) is 4.36. The van der Waals surface area contributed by atoms with E-state index in [0.717, 1.165) is 32.2 Å². The molecule has 1 aliphatic heterocycles. The lowest BCUT2D eigenvalue weighted by Gasteiger charge is -2.34. The molecule has 1 aliphatic rings. The Morgan fingerprint density at radius 3 is 2.68 bits per heavy atom. The highest BCUT2D eigenvalue weighted by molar-refractivity contribution is 7.89. The predicted octanol–water partition coefficient (Wildman–Crippen LogP) is 1.84. The zero-order chi connectivity index (χ0) is 13.7.